The molecule has 0 spiro atoms. The minimum atomic E-state index is -0.905. The van der Waals surface area contributed by atoms with Crippen LogP contribution in [0.5, 0.6) is 0 Å². The second kappa shape index (κ2) is 10.2. The first-order valence-corrected chi connectivity index (χ1v) is 4.95. The van der Waals surface area contributed by atoms with Crippen LogP contribution in [0, 0.1) is 0 Å². The second-order valence-corrected chi connectivity index (χ2v) is 2.91. The first-order chi connectivity index (χ1) is 6.77. The van der Waals surface area contributed by atoms with Crippen molar-refractivity contribution in [1.82, 2.24) is 5.32 Å². The van der Waals surface area contributed by atoms with Crippen LogP contribution in [0.2, 0.25) is 0 Å². The van der Waals surface area contributed by atoms with Crippen molar-refractivity contribution < 1.29 is 14.6 Å². The predicted molar refractivity (Wildman–Crippen MR) is 55.4 cm³/mol. The number of ether oxygens (including phenoxy) is 1. The lowest BCUT2D eigenvalue weighted by Gasteiger charge is -2.02. The summed E-state index contributed by atoms with van der Waals surface area (Å²) in [6, 6.07) is 0. The van der Waals surface area contributed by atoms with E-state index in [0.29, 0.717) is 6.54 Å². The van der Waals surface area contributed by atoms with E-state index >= 15 is 0 Å². The van der Waals surface area contributed by atoms with E-state index in [2.05, 4.69) is 12.2 Å². The molecule has 0 heterocycles. The van der Waals surface area contributed by atoms with Gasteiger partial charge in [-0.2, -0.15) is 0 Å². The molecule has 0 aromatic heterocycles. The van der Waals surface area contributed by atoms with Gasteiger partial charge in [0.25, 0.3) is 0 Å². The summed E-state index contributed by atoms with van der Waals surface area (Å²) >= 11 is 0. The van der Waals surface area contributed by atoms with E-state index in [1.54, 1.807) is 6.08 Å². The normalized spacial score (nSPS) is 10.9. The number of carboxylic acids is 1. The van der Waals surface area contributed by atoms with Gasteiger partial charge in [-0.05, 0) is 19.4 Å². The van der Waals surface area contributed by atoms with Crippen molar-refractivity contribution >= 4 is 5.97 Å². The fraction of sp³-hybridized carbons (Fsp3) is 0.700. The summed E-state index contributed by atoms with van der Waals surface area (Å²) in [7, 11) is 0. The van der Waals surface area contributed by atoms with Crippen molar-refractivity contribution in [3.63, 3.8) is 0 Å². The van der Waals surface area contributed by atoms with Crippen molar-refractivity contribution in [2.24, 2.45) is 0 Å². The van der Waals surface area contributed by atoms with E-state index in [1.807, 2.05) is 0 Å². The van der Waals surface area contributed by atoms with Gasteiger partial charge in [-0.3, -0.25) is 0 Å². The predicted octanol–water partition coefficient (Wildman–Crippen LogP) is 1.03. The zero-order valence-corrected chi connectivity index (χ0v) is 8.66. The molecule has 0 amide bonds. The Morgan fingerprint density at radius 1 is 1.50 bits per heavy atom. The van der Waals surface area contributed by atoms with E-state index in [4.69, 9.17) is 9.84 Å². The molecular weight excluding hydrogens is 182 g/mol. The van der Waals surface area contributed by atoms with Gasteiger partial charge in [-0.1, -0.05) is 13.0 Å². The van der Waals surface area contributed by atoms with Crippen molar-refractivity contribution in [3.8, 4) is 0 Å². The molecule has 0 aliphatic rings. The summed E-state index contributed by atoms with van der Waals surface area (Å²) < 4.78 is 5.28. The minimum Gasteiger partial charge on any atom is -0.478 e. The Morgan fingerprint density at radius 3 is 2.93 bits per heavy atom. The number of aliphatic carboxylic acids is 1. The van der Waals surface area contributed by atoms with Crippen LogP contribution in [0.1, 0.15) is 19.8 Å². The van der Waals surface area contributed by atoms with Crippen LogP contribution in [0.25, 0.3) is 0 Å². The van der Waals surface area contributed by atoms with Crippen molar-refractivity contribution in [1.29, 1.82) is 0 Å². The number of nitrogens with one attached hydrogen (secondary N) is 1. The standard InChI is InChI=1S/C10H19NO3/c1-2-8-14-9-4-7-11-6-3-5-10(12)13/h3,5,11H,2,4,6-9H2,1H3,(H,12,13)/b5-3+. The van der Waals surface area contributed by atoms with E-state index in [9.17, 15) is 4.79 Å². The second-order valence-electron chi connectivity index (χ2n) is 2.91. The lowest BCUT2D eigenvalue weighted by atomic mass is 10.4. The molecule has 0 radical (unpaired) electrons. The molecule has 0 unspecified atom stereocenters. The van der Waals surface area contributed by atoms with Gasteiger partial charge >= 0.3 is 5.97 Å². The fourth-order valence-electron chi connectivity index (χ4n) is 0.891. The highest BCUT2D eigenvalue weighted by Gasteiger charge is 1.88. The Bertz CT molecular complexity index is 169. The Balaban J connectivity index is 3.02. The van der Waals surface area contributed by atoms with Gasteiger partial charge in [0, 0.05) is 25.8 Å². The van der Waals surface area contributed by atoms with Crippen molar-refractivity contribution in [3.05, 3.63) is 12.2 Å². The third kappa shape index (κ3) is 11.1. The molecule has 2 N–H and O–H groups in total. The molecule has 0 fully saturated rings. The smallest absolute Gasteiger partial charge is 0.328 e. The topological polar surface area (TPSA) is 58.6 Å². The van der Waals surface area contributed by atoms with E-state index in [1.165, 1.54) is 0 Å². The first kappa shape index (κ1) is 13.1. The molecule has 0 aliphatic carbocycles. The van der Waals surface area contributed by atoms with Crippen LogP contribution in [0.4, 0.5) is 0 Å². The molecule has 4 heteroatoms. The average molecular weight is 201 g/mol. The van der Waals surface area contributed by atoms with Crippen molar-refractivity contribution in [2.75, 3.05) is 26.3 Å². The van der Waals surface area contributed by atoms with Gasteiger partial charge in [0.05, 0.1) is 0 Å². The molecule has 82 valence electrons. The van der Waals surface area contributed by atoms with Crippen LogP contribution in [-0.2, 0) is 9.53 Å². The maximum absolute atomic E-state index is 10.1. The Morgan fingerprint density at radius 2 is 2.29 bits per heavy atom. The van der Waals surface area contributed by atoms with Crippen LogP contribution in [0.3, 0.4) is 0 Å². The maximum Gasteiger partial charge on any atom is 0.328 e. The third-order valence-electron chi connectivity index (χ3n) is 1.51. The molecule has 0 saturated carbocycles. The molecule has 0 aliphatic heterocycles. The number of carboxylic acid groups (broad SMARTS) is 1. The summed E-state index contributed by atoms with van der Waals surface area (Å²) in [6.07, 6.45) is 4.74. The summed E-state index contributed by atoms with van der Waals surface area (Å²) in [6.45, 7) is 5.12. The van der Waals surface area contributed by atoms with Crippen molar-refractivity contribution in [2.45, 2.75) is 19.8 Å². The maximum atomic E-state index is 10.1. The summed E-state index contributed by atoms with van der Waals surface area (Å²) in [4.78, 5) is 10.1. The minimum absolute atomic E-state index is 0.597. The summed E-state index contributed by atoms with van der Waals surface area (Å²) in [5.74, 6) is -0.905. The number of hydrogen-bond donors (Lipinski definition) is 2. The van der Waals surface area contributed by atoms with E-state index in [-0.39, 0.29) is 0 Å². The Kier molecular flexibility index (Phi) is 9.58. The lowest BCUT2D eigenvalue weighted by molar-refractivity contribution is -0.131. The van der Waals surface area contributed by atoms with Crippen LogP contribution in [-0.4, -0.2) is 37.4 Å². The molecular formula is C10H19NO3. The monoisotopic (exact) mass is 201 g/mol. The quantitative estimate of drug-likeness (QED) is 0.432. The molecule has 0 rings (SSSR count). The lowest BCUT2D eigenvalue weighted by Crippen LogP contribution is -2.17. The average Bonchev–Trinajstić information content (AvgIpc) is 2.15. The van der Waals surface area contributed by atoms with E-state index < -0.39 is 5.97 Å². The first-order valence-electron chi connectivity index (χ1n) is 4.95. The highest BCUT2D eigenvalue weighted by molar-refractivity contribution is 5.79. The highest BCUT2D eigenvalue weighted by Crippen LogP contribution is 1.83. The molecule has 0 aromatic rings. The van der Waals surface area contributed by atoms with Gasteiger partial charge in [0.2, 0.25) is 0 Å². The van der Waals surface area contributed by atoms with Crippen LogP contribution >= 0.6 is 0 Å². The molecule has 14 heavy (non-hydrogen) atoms. The highest BCUT2D eigenvalue weighted by atomic mass is 16.5. The summed E-state index contributed by atoms with van der Waals surface area (Å²) in [5, 5.41) is 11.4. The Labute approximate surface area is 85.0 Å². The molecule has 0 saturated heterocycles. The molecule has 0 aromatic carbocycles. The summed E-state index contributed by atoms with van der Waals surface area (Å²) in [5.41, 5.74) is 0. The number of rotatable bonds is 9. The van der Waals surface area contributed by atoms with Gasteiger partial charge in [-0.15, -0.1) is 0 Å². The molecule has 0 bridgehead atoms. The van der Waals surface area contributed by atoms with Gasteiger partial charge < -0.3 is 15.2 Å². The van der Waals surface area contributed by atoms with Crippen LogP contribution in [0.15, 0.2) is 12.2 Å². The zero-order valence-electron chi connectivity index (χ0n) is 8.66. The van der Waals surface area contributed by atoms with Gasteiger partial charge in [0.15, 0.2) is 0 Å². The van der Waals surface area contributed by atoms with Crippen LogP contribution < -0.4 is 5.32 Å². The SMILES string of the molecule is CCCOCCCNC/C=C/C(=O)O. The Hall–Kier alpha value is -0.870. The fourth-order valence-corrected chi connectivity index (χ4v) is 0.891. The van der Waals surface area contributed by atoms with E-state index in [0.717, 1.165) is 38.7 Å². The number of hydrogen-bond acceptors (Lipinski definition) is 3. The third-order valence-corrected chi connectivity index (χ3v) is 1.51. The zero-order chi connectivity index (χ0) is 10.6. The molecule has 4 nitrogen and oxygen atoms in total. The number of carbonyl (C=O) groups is 1. The van der Waals surface area contributed by atoms with Gasteiger partial charge in [0.1, 0.15) is 0 Å². The largest absolute Gasteiger partial charge is 0.478 e. The van der Waals surface area contributed by atoms with Gasteiger partial charge in [-0.25, -0.2) is 4.79 Å². The molecule has 0 atom stereocenters.